The first-order valence-electron chi connectivity index (χ1n) is 17.6. The van der Waals surface area contributed by atoms with Gasteiger partial charge in [0.1, 0.15) is 5.69 Å². The van der Waals surface area contributed by atoms with Gasteiger partial charge in [-0.05, 0) is 83.4 Å². The summed E-state index contributed by atoms with van der Waals surface area (Å²) in [6.07, 6.45) is 0. The molecule has 0 saturated carbocycles. The topological polar surface area (TPSA) is 17.3 Å². The van der Waals surface area contributed by atoms with E-state index in [0.29, 0.717) is 0 Å². The van der Waals surface area contributed by atoms with E-state index >= 15 is 0 Å². The van der Waals surface area contributed by atoms with E-state index in [9.17, 15) is 0 Å². The second kappa shape index (κ2) is 10.9. The molecule has 0 aliphatic rings. The maximum absolute atomic E-state index is 5.70. The van der Waals surface area contributed by atoms with Gasteiger partial charge >= 0.3 is 0 Å². The molecule has 0 atom stereocenters. The lowest BCUT2D eigenvalue weighted by Gasteiger charge is -2.16. The SMILES string of the molecule is c1ccc(-c2cc3ccccc3cc2-c2cc3ccccc3c3c(-c4ccccc4)c(-c4ccc5ccc6cccc7ccc4c5c67)nn23)cc1. The lowest BCUT2D eigenvalue weighted by molar-refractivity contribution is 0.981. The summed E-state index contributed by atoms with van der Waals surface area (Å²) in [5.41, 5.74) is 10.1. The van der Waals surface area contributed by atoms with Crippen LogP contribution in [0.4, 0.5) is 0 Å². The minimum atomic E-state index is 0.985. The number of pyridine rings is 1. The molecule has 0 amide bonds. The van der Waals surface area contributed by atoms with E-state index in [4.69, 9.17) is 5.10 Å². The summed E-state index contributed by atoms with van der Waals surface area (Å²) in [6.45, 7) is 0. The molecule has 0 fully saturated rings. The molecule has 2 heteroatoms. The molecule has 51 heavy (non-hydrogen) atoms. The number of nitrogens with zero attached hydrogens (tertiary/aromatic N) is 2. The first-order chi connectivity index (χ1) is 25.3. The van der Waals surface area contributed by atoms with Crippen LogP contribution >= 0.6 is 0 Å². The highest BCUT2D eigenvalue weighted by molar-refractivity contribution is 6.26. The zero-order valence-electron chi connectivity index (χ0n) is 27.7. The second-order valence-corrected chi connectivity index (χ2v) is 13.5. The van der Waals surface area contributed by atoms with Crippen LogP contribution in [-0.4, -0.2) is 9.61 Å². The summed E-state index contributed by atoms with van der Waals surface area (Å²) in [7, 11) is 0. The smallest absolute Gasteiger partial charge is 0.102 e. The van der Waals surface area contributed by atoms with Crippen LogP contribution in [0.25, 0.3) is 104 Å². The predicted molar refractivity (Wildman–Crippen MR) is 216 cm³/mol. The Bertz CT molecular complexity index is 3100. The zero-order valence-corrected chi connectivity index (χ0v) is 27.7. The van der Waals surface area contributed by atoms with Crippen molar-refractivity contribution in [3.63, 3.8) is 0 Å². The Morgan fingerprint density at radius 2 is 0.922 bits per heavy atom. The highest BCUT2D eigenvalue weighted by Gasteiger charge is 2.24. The summed E-state index contributed by atoms with van der Waals surface area (Å²) in [4.78, 5) is 0. The molecule has 0 saturated heterocycles. The number of hydrogen-bond acceptors (Lipinski definition) is 1. The van der Waals surface area contributed by atoms with E-state index in [0.717, 1.165) is 39.2 Å². The Kier molecular flexibility index (Phi) is 5.99. The fraction of sp³-hybridized carbons (Fsp3) is 0. The fourth-order valence-electron chi connectivity index (χ4n) is 8.40. The third-order valence-corrected chi connectivity index (χ3v) is 10.7. The molecule has 11 aromatic rings. The monoisotopic (exact) mass is 646 g/mol. The van der Waals surface area contributed by atoms with Gasteiger partial charge in [0.05, 0.1) is 11.2 Å². The molecule has 0 spiro atoms. The molecule has 0 radical (unpaired) electrons. The summed E-state index contributed by atoms with van der Waals surface area (Å²) >= 11 is 0. The van der Waals surface area contributed by atoms with Gasteiger partial charge in [0.15, 0.2) is 0 Å². The van der Waals surface area contributed by atoms with Gasteiger partial charge in [-0.25, -0.2) is 4.52 Å². The largest absolute Gasteiger partial charge is 0.231 e. The van der Waals surface area contributed by atoms with Crippen molar-refractivity contribution in [3.05, 3.63) is 182 Å². The Hall–Kier alpha value is -6.77. The first-order valence-corrected chi connectivity index (χ1v) is 17.6. The standard InChI is InChI=1S/C49H30N2/c1-3-12-31(13-4-1)42-28-36-16-7-8-17-37(36)29-43(42)44-30-38-18-9-10-21-39(38)49-47(32-14-5-2-6-15-32)48(50-51(44)49)41-27-25-35-23-22-33-19-11-20-34-24-26-40(41)46(35)45(33)34/h1-30H. The normalized spacial score (nSPS) is 11.9. The number of benzene rings is 9. The van der Waals surface area contributed by atoms with E-state index < -0.39 is 0 Å². The van der Waals surface area contributed by atoms with Gasteiger partial charge < -0.3 is 0 Å². The van der Waals surface area contributed by atoms with Crippen LogP contribution in [0.1, 0.15) is 0 Å². The van der Waals surface area contributed by atoms with Gasteiger partial charge in [0.25, 0.3) is 0 Å². The maximum Gasteiger partial charge on any atom is 0.102 e. The van der Waals surface area contributed by atoms with Crippen LogP contribution in [0.3, 0.4) is 0 Å². The van der Waals surface area contributed by atoms with Crippen LogP contribution < -0.4 is 0 Å². The van der Waals surface area contributed by atoms with Crippen LogP contribution in [0.5, 0.6) is 0 Å². The van der Waals surface area contributed by atoms with Gasteiger partial charge in [-0.1, -0.05) is 164 Å². The molecule has 2 aromatic heterocycles. The van der Waals surface area contributed by atoms with Crippen molar-refractivity contribution in [2.45, 2.75) is 0 Å². The van der Waals surface area contributed by atoms with Crippen molar-refractivity contribution in [1.29, 1.82) is 0 Å². The van der Waals surface area contributed by atoms with E-state index in [1.165, 1.54) is 65.0 Å². The van der Waals surface area contributed by atoms with Gasteiger partial charge in [-0.2, -0.15) is 5.10 Å². The van der Waals surface area contributed by atoms with Crippen LogP contribution in [-0.2, 0) is 0 Å². The second-order valence-electron chi connectivity index (χ2n) is 13.5. The molecular weight excluding hydrogens is 617 g/mol. The first kappa shape index (κ1) is 28.1. The molecule has 2 heterocycles. The summed E-state index contributed by atoms with van der Waals surface area (Å²) in [6, 6.07) is 66.2. The molecular formula is C49H30N2. The Labute approximate surface area is 294 Å². The van der Waals surface area contributed by atoms with Gasteiger partial charge in [0, 0.05) is 22.1 Å². The number of rotatable bonds is 4. The highest BCUT2D eigenvalue weighted by atomic mass is 15.2. The molecule has 9 aromatic carbocycles. The van der Waals surface area contributed by atoms with Crippen molar-refractivity contribution >= 4 is 59.4 Å². The van der Waals surface area contributed by atoms with E-state index in [1.54, 1.807) is 0 Å². The maximum atomic E-state index is 5.70. The quantitative estimate of drug-likeness (QED) is 0.174. The van der Waals surface area contributed by atoms with E-state index in [2.05, 4.69) is 187 Å². The van der Waals surface area contributed by atoms with Crippen LogP contribution in [0, 0.1) is 0 Å². The fourth-order valence-corrected chi connectivity index (χ4v) is 8.40. The van der Waals surface area contributed by atoms with Crippen LogP contribution in [0.15, 0.2) is 182 Å². The third kappa shape index (κ3) is 4.20. The molecule has 11 rings (SSSR count). The number of aromatic nitrogens is 2. The van der Waals surface area contributed by atoms with Gasteiger partial charge in [0.2, 0.25) is 0 Å². The Morgan fingerprint density at radius 3 is 1.67 bits per heavy atom. The van der Waals surface area contributed by atoms with E-state index in [-0.39, 0.29) is 0 Å². The van der Waals surface area contributed by atoms with Crippen molar-refractivity contribution in [2.75, 3.05) is 0 Å². The van der Waals surface area contributed by atoms with Crippen LogP contribution in [0.2, 0.25) is 0 Å². The van der Waals surface area contributed by atoms with E-state index in [1.807, 2.05) is 0 Å². The lowest BCUT2D eigenvalue weighted by atomic mass is 9.89. The van der Waals surface area contributed by atoms with Crippen molar-refractivity contribution in [1.82, 2.24) is 9.61 Å². The molecule has 0 aliphatic heterocycles. The minimum Gasteiger partial charge on any atom is -0.231 e. The highest BCUT2D eigenvalue weighted by Crippen LogP contribution is 2.46. The summed E-state index contributed by atoms with van der Waals surface area (Å²) < 4.78 is 2.23. The molecule has 0 N–H and O–H groups in total. The molecule has 236 valence electrons. The summed E-state index contributed by atoms with van der Waals surface area (Å²) in [5, 5.41) is 18.1. The van der Waals surface area contributed by atoms with Crippen molar-refractivity contribution < 1.29 is 0 Å². The Balaban J connectivity index is 1.32. The average molecular weight is 647 g/mol. The Morgan fingerprint density at radius 1 is 0.353 bits per heavy atom. The van der Waals surface area contributed by atoms with Gasteiger partial charge in [-0.15, -0.1) is 0 Å². The number of fused-ring (bicyclic) bond motifs is 4. The zero-order chi connectivity index (χ0) is 33.5. The molecule has 2 nitrogen and oxygen atoms in total. The van der Waals surface area contributed by atoms with Crippen molar-refractivity contribution in [2.24, 2.45) is 0 Å². The average Bonchev–Trinajstić information content (AvgIpc) is 3.60. The minimum absolute atomic E-state index is 0.985. The lowest BCUT2D eigenvalue weighted by Crippen LogP contribution is -1.98. The molecule has 0 unspecified atom stereocenters. The van der Waals surface area contributed by atoms with Crippen molar-refractivity contribution in [3.8, 4) is 44.8 Å². The number of hydrogen-bond donors (Lipinski definition) is 0. The summed E-state index contributed by atoms with van der Waals surface area (Å²) in [5.74, 6) is 0. The van der Waals surface area contributed by atoms with Gasteiger partial charge in [-0.3, -0.25) is 0 Å². The third-order valence-electron chi connectivity index (χ3n) is 10.7. The predicted octanol–water partition coefficient (Wildman–Crippen LogP) is 13.2. The molecule has 0 bridgehead atoms. The molecule has 0 aliphatic carbocycles.